The van der Waals surface area contributed by atoms with E-state index in [-0.39, 0.29) is 22.5 Å². The predicted octanol–water partition coefficient (Wildman–Crippen LogP) is 2.85. The maximum absolute atomic E-state index is 13.2. The van der Waals surface area contributed by atoms with E-state index >= 15 is 0 Å². The lowest BCUT2D eigenvalue weighted by Crippen LogP contribution is -2.08. The zero-order chi connectivity index (χ0) is 15.4. The summed E-state index contributed by atoms with van der Waals surface area (Å²) in [4.78, 5) is 24.0. The van der Waals surface area contributed by atoms with Gasteiger partial charge < -0.3 is 9.47 Å². The van der Waals surface area contributed by atoms with Gasteiger partial charge in [-0.05, 0) is 30.3 Å². The Morgan fingerprint density at radius 3 is 2.33 bits per heavy atom. The second-order valence-electron chi connectivity index (χ2n) is 4.25. The molecule has 0 N–H and O–H groups in total. The average Bonchev–Trinajstić information content (AvgIpc) is 2.52. The Morgan fingerprint density at radius 2 is 1.71 bits per heavy atom. The molecular weight excluding hydrogens is 275 g/mol. The largest absolute Gasteiger partial charge is 0.496 e. The van der Waals surface area contributed by atoms with Crippen LogP contribution in [0, 0.1) is 5.82 Å². The molecule has 0 aliphatic rings. The van der Waals surface area contributed by atoms with Crippen LogP contribution in [0.2, 0.25) is 0 Å². The molecule has 0 unspecified atom stereocenters. The number of carbonyl (C=O) groups is 2. The van der Waals surface area contributed by atoms with Crippen molar-refractivity contribution in [3.63, 3.8) is 0 Å². The van der Waals surface area contributed by atoms with E-state index in [1.54, 1.807) is 0 Å². The Labute approximate surface area is 121 Å². The smallest absolute Gasteiger partial charge is 0.341 e. The van der Waals surface area contributed by atoms with Gasteiger partial charge >= 0.3 is 5.97 Å². The fourth-order valence-corrected chi connectivity index (χ4v) is 1.92. The first kappa shape index (κ1) is 14.7. The Balaban J connectivity index is 2.45. The number of halogens is 1. The predicted molar refractivity (Wildman–Crippen MR) is 74.2 cm³/mol. The highest BCUT2D eigenvalue weighted by Gasteiger charge is 2.17. The number of esters is 1. The van der Waals surface area contributed by atoms with Gasteiger partial charge in [0.25, 0.3) is 0 Å². The summed E-state index contributed by atoms with van der Waals surface area (Å²) in [6.07, 6.45) is 0. The number of hydrogen-bond acceptors (Lipinski definition) is 4. The molecule has 108 valence electrons. The van der Waals surface area contributed by atoms with Crippen molar-refractivity contribution < 1.29 is 23.5 Å². The first-order valence-corrected chi connectivity index (χ1v) is 6.13. The van der Waals surface area contributed by atoms with E-state index < -0.39 is 11.8 Å². The zero-order valence-electron chi connectivity index (χ0n) is 11.6. The van der Waals surface area contributed by atoms with Crippen LogP contribution in [0.5, 0.6) is 5.75 Å². The number of ether oxygens (including phenoxy) is 2. The minimum Gasteiger partial charge on any atom is -0.496 e. The van der Waals surface area contributed by atoms with Gasteiger partial charge in [-0.15, -0.1) is 0 Å². The molecular formula is C16H13FO4. The molecule has 5 heteroatoms. The highest BCUT2D eigenvalue weighted by molar-refractivity contribution is 6.10. The van der Waals surface area contributed by atoms with E-state index in [1.165, 1.54) is 50.6 Å². The summed E-state index contributed by atoms with van der Waals surface area (Å²) < 4.78 is 22.9. The molecule has 0 heterocycles. The van der Waals surface area contributed by atoms with Crippen molar-refractivity contribution in [2.24, 2.45) is 0 Å². The summed E-state index contributed by atoms with van der Waals surface area (Å²) >= 11 is 0. The molecule has 0 spiro atoms. The molecule has 0 saturated heterocycles. The van der Waals surface area contributed by atoms with Crippen LogP contribution in [0.15, 0.2) is 42.5 Å². The fourth-order valence-electron chi connectivity index (χ4n) is 1.92. The van der Waals surface area contributed by atoms with E-state index in [2.05, 4.69) is 4.74 Å². The van der Waals surface area contributed by atoms with Crippen LogP contribution in [-0.2, 0) is 4.74 Å². The van der Waals surface area contributed by atoms with Gasteiger partial charge in [-0.3, -0.25) is 4.79 Å². The summed E-state index contributed by atoms with van der Waals surface area (Å²) in [6.45, 7) is 0. The minimum absolute atomic E-state index is 0.141. The first-order valence-electron chi connectivity index (χ1n) is 6.13. The van der Waals surface area contributed by atoms with Gasteiger partial charge in [-0.1, -0.05) is 12.1 Å². The molecule has 0 bridgehead atoms. The van der Waals surface area contributed by atoms with Crippen molar-refractivity contribution in [3.05, 3.63) is 65.0 Å². The van der Waals surface area contributed by atoms with Crippen molar-refractivity contribution in [2.45, 2.75) is 0 Å². The lowest BCUT2D eigenvalue weighted by Gasteiger charge is -2.09. The van der Waals surface area contributed by atoms with Crippen LogP contribution < -0.4 is 4.74 Å². The number of methoxy groups -OCH3 is 2. The van der Waals surface area contributed by atoms with Gasteiger partial charge in [0.2, 0.25) is 0 Å². The van der Waals surface area contributed by atoms with Crippen LogP contribution in [-0.4, -0.2) is 26.0 Å². The van der Waals surface area contributed by atoms with E-state index in [4.69, 9.17) is 4.74 Å². The van der Waals surface area contributed by atoms with Gasteiger partial charge in [0.1, 0.15) is 17.1 Å². The van der Waals surface area contributed by atoms with Crippen molar-refractivity contribution in [1.82, 2.24) is 0 Å². The van der Waals surface area contributed by atoms with Crippen molar-refractivity contribution >= 4 is 11.8 Å². The number of carbonyl (C=O) groups excluding carboxylic acids is 2. The molecule has 0 saturated carbocycles. The molecule has 0 aliphatic carbocycles. The minimum atomic E-state index is -0.610. The zero-order valence-corrected chi connectivity index (χ0v) is 11.6. The van der Waals surface area contributed by atoms with Gasteiger partial charge in [0.05, 0.1) is 14.2 Å². The standard InChI is InChI=1S/C16H13FO4/c1-20-14-7-6-11(9-13(14)16(19)21-2)15(18)10-4-3-5-12(17)8-10/h3-9H,1-2H3. The molecule has 0 atom stereocenters. The Bertz CT molecular complexity index is 694. The second kappa shape index (κ2) is 6.17. The van der Waals surface area contributed by atoms with Gasteiger partial charge in [0.15, 0.2) is 5.78 Å². The van der Waals surface area contributed by atoms with E-state index in [0.29, 0.717) is 5.75 Å². The van der Waals surface area contributed by atoms with E-state index in [1.807, 2.05) is 0 Å². The number of rotatable bonds is 4. The van der Waals surface area contributed by atoms with Crippen molar-refractivity contribution in [1.29, 1.82) is 0 Å². The third-order valence-corrected chi connectivity index (χ3v) is 2.95. The quantitative estimate of drug-likeness (QED) is 0.641. The third kappa shape index (κ3) is 3.08. The SMILES string of the molecule is COC(=O)c1cc(C(=O)c2cccc(F)c2)ccc1OC. The number of benzene rings is 2. The topological polar surface area (TPSA) is 52.6 Å². The molecule has 4 nitrogen and oxygen atoms in total. The maximum Gasteiger partial charge on any atom is 0.341 e. The monoisotopic (exact) mass is 288 g/mol. The Morgan fingerprint density at radius 1 is 1.00 bits per heavy atom. The average molecular weight is 288 g/mol. The molecule has 0 radical (unpaired) electrons. The van der Waals surface area contributed by atoms with Crippen molar-refractivity contribution in [2.75, 3.05) is 14.2 Å². The highest BCUT2D eigenvalue weighted by atomic mass is 19.1. The molecule has 0 aliphatic heterocycles. The number of hydrogen-bond donors (Lipinski definition) is 0. The van der Waals surface area contributed by atoms with Crippen LogP contribution in [0.3, 0.4) is 0 Å². The molecule has 21 heavy (non-hydrogen) atoms. The van der Waals surface area contributed by atoms with E-state index in [9.17, 15) is 14.0 Å². The molecule has 2 rings (SSSR count). The summed E-state index contributed by atoms with van der Waals surface area (Å²) in [6, 6.07) is 9.74. The normalized spacial score (nSPS) is 10.0. The lowest BCUT2D eigenvalue weighted by atomic mass is 10.0. The van der Waals surface area contributed by atoms with Gasteiger partial charge in [0, 0.05) is 11.1 Å². The number of ketones is 1. The summed E-state index contributed by atoms with van der Waals surface area (Å²) in [5.41, 5.74) is 0.597. The molecule has 0 amide bonds. The molecule has 0 aromatic heterocycles. The van der Waals surface area contributed by atoms with E-state index in [0.717, 1.165) is 6.07 Å². The highest BCUT2D eigenvalue weighted by Crippen LogP contribution is 2.22. The Hall–Kier alpha value is -2.69. The fraction of sp³-hybridized carbons (Fsp3) is 0.125. The molecule has 2 aromatic carbocycles. The molecule has 2 aromatic rings. The molecule has 0 fully saturated rings. The van der Waals surface area contributed by atoms with Gasteiger partial charge in [-0.25, -0.2) is 9.18 Å². The third-order valence-electron chi connectivity index (χ3n) is 2.95. The summed E-state index contributed by atoms with van der Waals surface area (Å²) in [5, 5.41) is 0. The maximum atomic E-state index is 13.2. The van der Waals surface area contributed by atoms with Crippen LogP contribution in [0.1, 0.15) is 26.3 Å². The van der Waals surface area contributed by atoms with Crippen LogP contribution in [0.4, 0.5) is 4.39 Å². The van der Waals surface area contributed by atoms with Crippen LogP contribution in [0.25, 0.3) is 0 Å². The Kier molecular flexibility index (Phi) is 4.33. The summed E-state index contributed by atoms with van der Waals surface area (Å²) in [5.74, 6) is -1.19. The second-order valence-corrected chi connectivity index (χ2v) is 4.25. The lowest BCUT2D eigenvalue weighted by molar-refractivity contribution is 0.0597. The van der Waals surface area contributed by atoms with Crippen LogP contribution >= 0.6 is 0 Å². The first-order chi connectivity index (χ1) is 10.1. The van der Waals surface area contributed by atoms with Crippen molar-refractivity contribution in [3.8, 4) is 5.75 Å². The van der Waals surface area contributed by atoms with Gasteiger partial charge in [-0.2, -0.15) is 0 Å². The summed E-state index contributed by atoms with van der Waals surface area (Å²) in [7, 11) is 2.65.